The first-order valence-electron chi connectivity index (χ1n) is 7.26. The molecule has 0 bridgehead atoms. The van der Waals surface area contributed by atoms with Crippen molar-refractivity contribution in [2.24, 2.45) is 0 Å². The van der Waals surface area contributed by atoms with Crippen molar-refractivity contribution < 1.29 is 14.1 Å². The van der Waals surface area contributed by atoms with Gasteiger partial charge in [0.15, 0.2) is 0 Å². The predicted octanol–water partition coefficient (Wildman–Crippen LogP) is 4.47. The Bertz CT molecular complexity index is 795. The Morgan fingerprint density at radius 1 is 1.25 bits per heavy atom. The van der Waals surface area contributed by atoms with Crippen LogP contribution in [0.25, 0.3) is 0 Å². The smallest absolute Gasteiger partial charge is 0.306 e. The summed E-state index contributed by atoms with van der Waals surface area (Å²) < 4.78 is 13.3. The third kappa shape index (κ3) is 4.32. The molecule has 0 aliphatic rings. The Morgan fingerprint density at radius 3 is 2.62 bits per heavy atom. The van der Waals surface area contributed by atoms with Crippen LogP contribution in [0.15, 0.2) is 41.3 Å². The fraction of sp³-hybridized carbons (Fsp3) is 0.235. The Kier molecular flexibility index (Phi) is 5.56. The third-order valence-corrected chi connectivity index (χ3v) is 4.69. The van der Waals surface area contributed by atoms with Gasteiger partial charge in [0.2, 0.25) is 11.7 Å². The van der Waals surface area contributed by atoms with Crippen molar-refractivity contribution in [1.29, 1.82) is 0 Å². The number of aryl methyl sites for hydroxylation is 2. The van der Waals surface area contributed by atoms with Crippen LogP contribution in [0.3, 0.4) is 0 Å². The summed E-state index contributed by atoms with van der Waals surface area (Å²) in [4.78, 5) is 23.2. The number of nitro benzene ring substituents is 1. The van der Waals surface area contributed by atoms with Crippen molar-refractivity contribution in [2.45, 2.75) is 30.9 Å². The van der Waals surface area contributed by atoms with E-state index in [0.717, 1.165) is 28.2 Å². The molecular weight excluding hydrogens is 331 g/mol. The van der Waals surface area contributed by atoms with Gasteiger partial charge in [-0.2, -0.15) is 4.39 Å². The van der Waals surface area contributed by atoms with Gasteiger partial charge in [0.1, 0.15) is 0 Å². The Balaban J connectivity index is 2.10. The standard InChI is InChI=1S/C17H17FN2O3S/c1-10-4-5-11(2)16(8-10)24-12(3)17(21)19-13-6-7-14(18)15(9-13)20(22)23/h4-9,12H,1-3H3,(H,19,21)/t12-/m0/s1. The Morgan fingerprint density at radius 2 is 1.96 bits per heavy atom. The number of benzene rings is 2. The molecule has 0 heterocycles. The summed E-state index contributed by atoms with van der Waals surface area (Å²) >= 11 is 1.41. The molecule has 0 aromatic heterocycles. The summed E-state index contributed by atoms with van der Waals surface area (Å²) in [6, 6.07) is 9.29. The highest BCUT2D eigenvalue weighted by atomic mass is 32.2. The van der Waals surface area contributed by atoms with Crippen LogP contribution in [-0.4, -0.2) is 16.1 Å². The minimum absolute atomic E-state index is 0.196. The molecule has 0 aliphatic carbocycles. The van der Waals surface area contributed by atoms with E-state index in [-0.39, 0.29) is 11.6 Å². The second kappa shape index (κ2) is 7.44. The molecule has 0 saturated carbocycles. The number of thioether (sulfide) groups is 1. The van der Waals surface area contributed by atoms with E-state index < -0.39 is 21.7 Å². The van der Waals surface area contributed by atoms with Crippen molar-refractivity contribution in [1.82, 2.24) is 0 Å². The molecular formula is C17H17FN2O3S. The highest BCUT2D eigenvalue weighted by Crippen LogP contribution is 2.29. The van der Waals surface area contributed by atoms with Gasteiger partial charge >= 0.3 is 5.69 Å². The number of anilines is 1. The molecule has 1 amide bonds. The number of carbonyl (C=O) groups is 1. The number of nitrogens with zero attached hydrogens (tertiary/aromatic N) is 1. The highest BCUT2D eigenvalue weighted by molar-refractivity contribution is 8.00. The number of carbonyl (C=O) groups excluding carboxylic acids is 1. The molecule has 1 atom stereocenters. The average Bonchev–Trinajstić information content (AvgIpc) is 2.52. The van der Waals surface area contributed by atoms with Gasteiger partial charge in [0, 0.05) is 16.6 Å². The molecule has 0 aliphatic heterocycles. The number of halogens is 1. The van der Waals surface area contributed by atoms with Gasteiger partial charge in [-0.15, -0.1) is 11.8 Å². The quantitative estimate of drug-likeness (QED) is 0.491. The maximum atomic E-state index is 13.3. The Hall–Kier alpha value is -2.41. The van der Waals surface area contributed by atoms with E-state index in [2.05, 4.69) is 5.32 Å². The first-order chi connectivity index (χ1) is 11.3. The van der Waals surface area contributed by atoms with Crippen molar-refractivity contribution in [3.05, 3.63) is 63.5 Å². The largest absolute Gasteiger partial charge is 0.325 e. The van der Waals surface area contributed by atoms with Crippen LogP contribution in [0, 0.1) is 29.8 Å². The molecule has 1 N–H and O–H groups in total. The molecule has 0 saturated heterocycles. The molecule has 0 spiro atoms. The van der Waals surface area contributed by atoms with E-state index in [0.29, 0.717) is 0 Å². The van der Waals surface area contributed by atoms with Crippen molar-refractivity contribution >= 4 is 29.0 Å². The zero-order valence-corrected chi connectivity index (χ0v) is 14.3. The first-order valence-corrected chi connectivity index (χ1v) is 8.14. The number of hydrogen-bond acceptors (Lipinski definition) is 4. The van der Waals surface area contributed by atoms with Gasteiger partial charge in [0.25, 0.3) is 0 Å². The van der Waals surface area contributed by atoms with Crippen LogP contribution < -0.4 is 5.32 Å². The third-order valence-electron chi connectivity index (χ3n) is 3.43. The second-order valence-corrected chi connectivity index (χ2v) is 6.82. The number of rotatable bonds is 5. The predicted molar refractivity (Wildman–Crippen MR) is 92.9 cm³/mol. The summed E-state index contributed by atoms with van der Waals surface area (Å²) in [5.41, 5.74) is 1.71. The Labute approximate surface area is 143 Å². The lowest BCUT2D eigenvalue weighted by atomic mass is 10.2. The normalized spacial score (nSPS) is 11.8. The van der Waals surface area contributed by atoms with Crippen LogP contribution in [0.2, 0.25) is 0 Å². The van der Waals surface area contributed by atoms with Gasteiger partial charge in [0.05, 0.1) is 10.2 Å². The van der Waals surface area contributed by atoms with Crippen molar-refractivity contribution in [2.75, 3.05) is 5.32 Å². The van der Waals surface area contributed by atoms with E-state index >= 15 is 0 Å². The van der Waals surface area contributed by atoms with Crippen molar-refractivity contribution in [3.8, 4) is 0 Å². The fourth-order valence-corrected chi connectivity index (χ4v) is 3.11. The fourth-order valence-electron chi connectivity index (χ4n) is 2.05. The summed E-state index contributed by atoms with van der Waals surface area (Å²) in [7, 11) is 0. The topological polar surface area (TPSA) is 72.2 Å². The lowest BCUT2D eigenvalue weighted by Gasteiger charge is -2.14. The number of amides is 1. The van der Waals surface area contributed by atoms with Crippen LogP contribution in [-0.2, 0) is 4.79 Å². The van der Waals surface area contributed by atoms with Gasteiger partial charge in [-0.25, -0.2) is 0 Å². The number of nitrogens with one attached hydrogen (secondary N) is 1. The summed E-state index contributed by atoms with van der Waals surface area (Å²) in [6.07, 6.45) is 0. The number of nitro groups is 1. The first kappa shape index (κ1) is 17.9. The molecule has 2 rings (SSSR count). The molecule has 0 radical (unpaired) electrons. The van der Waals surface area contributed by atoms with E-state index in [4.69, 9.17) is 0 Å². The second-order valence-electron chi connectivity index (χ2n) is 5.44. The lowest BCUT2D eigenvalue weighted by molar-refractivity contribution is -0.387. The van der Waals surface area contributed by atoms with E-state index in [1.807, 2.05) is 32.0 Å². The molecule has 0 fully saturated rings. The van der Waals surface area contributed by atoms with E-state index in [1.165, 1.54) is 17.8 Å². The monoisotopic (exact) mass is 348 g/mol. The molecule has 2 aromatic rings. The van der Waals surface area contributed by atoms with E-state index in [9.17, 15) is 19.3 Å². The zero-order valence-electron chi connectivity index (χ0n) is 13.5. The molecule has 7 heteroatoms. The van der Waals surface area contributed by atoms with Crippen LogP contribution in [0.4, 0.5) is 15.8 Å². The van der Waals surface area contributed by atoms with Crippen molar-refractivity contribution in [3.63, 3.8) is 0 Å². The molecule has 0 unspecified atom stereocenters. The van der Waals surface area contributed by atoms with E-state index in [1.54, 1.807) is 6.92 Å². The van der Waals surface area contributed by atoms with Gasteiger partial charge in [-0.05, 0) is 44.5 Å². The lowest BCUT2D eigenvalue weighted by Crippen LogP contribution is -2.22. The van der Waals surface area contributed by atoms with Gasteiger partial charge in [-0.1, -0.05) is 17.7 Å². The molecule has 5 nitrogen and oxygen atoms in total. The summed E-state index contributed by atoms with van der Waals surface area (Å²) in [6.45, 7) is 5.70. The SMILES string of the molecule is Cc1ccc(C)c(S[C@@H](C)C(=O)Nc2ccc(F)c([N+](=O)[O-])c2)c1. The zero-order chi connectivity index (χ0) is 17.9. The molecule has 126 valence electrons. The maximum Gasteiger partial charge on any atom is 0.306 e. The highest BCUT2D eigenvalue weighted by Gasteiger charge is 2.19. The van der Waals surface area contributed by atoms with Crippen LogP contribution in [0.5, 0.6) is 0 Å². The summed E-state index contributed by atoms with van der Waals surface area (Å²) in [5.74, 6) is -1.24. The molecule has 2 aromatic carbocycles. The van der Waals surface area contributed by atoms with Gasteiger partial charge < -0.3 is 5.32 Å². The van der Waals surface area contributed by atoms with Crippen LogP contribution >= 0.6 is 11.8 Å². The average molecular weight is 348 g/mol. The van der Waals surface area contributed by atoms with Crippen LogP contribution in [0.1, 0.15) is 18.1 Å². The minimum atomic E-state index is -0.934. The minimum Gasteiger partial charge on any atom is -0.325 e. The molecule has 24 heavy (non-hydrogen) atoms. The summed E-state index contributed by atoms with van der Waals surface area (Å²) in [5, 5.41) is 12.9. The number of hydrogen-bond donors (Lipinski definition) is 1. The maximum absolute atomic E-state index is 13.3. The van der Waals surface area contributed by atoms with Gasteiger partial charge in [-0.3, -0.25) is 14.9 Å².